The van der Waals surface area contributed by atoms with E-state index in [0.29, 0.717) is 24.3 Å². The fraction of sp³-hybridized carbons (Fsp3) is 0.176. The van der Waals surface area contributed by atoms with Crippen molar-refractivity contribution in [2.24, 2.45) is 0 Å². The molecule has 2 aromatic carbocycles. The maximum absolute atomic E-state index is 11.9. The quantitative estimate of drug-likeness (QED) is 0.908. The zero-order valence-corrected chi connectivity index (χ0v) is 12.0. The van der Waals surface area contributed by atoms with Crippen LogP contribution in [0.15, 0.2) is 48.5 Å². The highest BCUT2D eigenvalue weighted by atomic mass is 16.4. The average Bonchev–Trinajstić information content (AvgIpc) is 2.94. The Balaban J connectivity index is 1.97. The Morgan fingerprint density at radius 2 is 1.86 bits per heavy atom. The molecule has 1 amide bonds. The first-order valence-electron chi connectivity index (χ1n) is 7.14. The van der Waals surface area contributed by atoms with Crippen LogP contribution in [0.1, 0.15) is 23.2 Å². The van der Waals surface area contributed by atoms with Crippen LogP contribution in [-0.4, -0.2) is 23.5 Å². The molecule has 112 valence electrons. The molecule has 0 spiro atoms. The number of aromatic carboxylic acids is 1. The van der Waals surface area contributed by atoms with E-state index in [1.54, 1.807) is 17.0 Å². The highest BCUT2D eigenvalue weighted by Gasteiger charge is 2.23. The Bertz CT molecular complexity index is 713. The third-order valence-electron chi connectivity index (χ3n) is 3.61. The van der Waals surface area contributed by atoms with Crippen LogP contribution in [0.3, 0.4) is 0 Å². The molecule has 0 bridgehead atoms. The largest absolute Gasteiger partial charge is 0.478 e. The van der Waals surface area contributed by atoms with Gasteiger partial charge in [-0.3, -0.25) is 4.79 Å². The number of nitrogens with one attached hydrogen (secondary N) is 1. The van der Waals surface area contributed by atoms with E-state index in [-0.39, 0.29) is 11.5 Å². The highest BCUT2D eigenvalue weighted by molar-refractivity contribution is 5.98. The van der Waals surface area contributed by atoms with Crippen LogP contribution >= 0.6 is 0 Å². The van der Waals surface area contributed by atoms with E-state index in [0.717, 1.165) is 12.1 Å². The van der Waals surface area contributed by atoms with Gasteiger partial charge in [-0.2, -0.15) is 0 Å². The lowest BCUT2D eigenvalue weighted by atomic mass is 10.1. The second-order valence-corrected chi connectivity index (χ2v) is 5.21. The Kier molecular flexibility index (Phi) is 3.78. The van der Waals surface area contributed by atoms with Gasteiger partial charge in [0.25, 0.3) is 0 Å². The Hall–Kier alpha value is -2.82. The van der Waals surface area contributed by atoms with Gasteiger partial charge in [0, 0.05) is 30.0 Å². The van der Waals surface area contributed by atoms with Gasteiger partial charge in [-0.15, -0.1) is 0 Å². The number of amides is 1. The number of benzene rings is 2. The van der Waals surface area contributed by atoms with Gasteiger partial charge in [-0.25, -0.2) is 4.79 Å². The number of hydrogen-bond acceptors (Lipinski definition) is 3. The molecule has 0 saturated carbocycles. The first-order chi connectivity index (χ1) is 10.6. The van der Waals surface area contributed by atoms with Crippen molar-refractivity contribution in [3.63, 3.8) is 0 Å². The first kappa shape index (κ1) is 14.1. The SMILES string of the molecule is O=C(O)c1cc(Nc2ccccc2)cc(N2CCCC2=O)c1. The topological polar surface area (TPSA) is 69.6 Å². The number of anilines is 3. The molecule has 1 heterocycles. The molecule has 0 aliphatic carbocycles. The number of rotatable bonds is 4. The summed E-state index contributed by atoms with van der Waals surface area (Å²) in [4.78, 5) is 24.8. The number of nitrogens with zero attached hydrogens (tertiary/aromatic N) is 1. The fourth-order valence-corrected chi connectivity index (χ4v) is 2.57. The van der Waals surface area contributed by atoms with Crippen molar-refractivity contribution >= 4 is 28.9 Å². The molecule has 0 atom stereocenters. The van der Waals surface area contributed by atoms with Crippen LogP contribution < -0.4 is 10.2 Å². The van der Waals surface area contributed by atoms with E-state index in [1.807, 2.05) is 36.4 Å². The lowest BCUT2D eigenvalue weighted by molar-refractivity contribution is -0.117. The normalized spacial score (nSPS) is 14.2. The van der Waals surface area contributed by atoms with Crippen molar-refractivity contribution in [3.8, 4) is 0 Å². The lowest BCUT2D eigenvalue weighted by Gasteiger charge is -2.18. The summed E-state index contributed by atoms with van der Waals surface area (Å²) in [7, 11) is 0. The molecule has 1 fully saturated rings. The molecule has 1 aliphatic heterocycles. The van der Waals surface area contributed by atoms with Crippen molar-refractivity contribution in [3.05, 3.63) is 54.1 Å². The zero-order chi connectivity index (χ0) is 15.5. The van der Waals surface area contributed by atoms with Crippen LogP contribution in [0.25, 0.3) is 0 Å². The van der Waals surface area contributed by atoms with Crippen molar-refractivity contribution in [2.75, 3.05) is 16.8 Å². The number of carboxylic acids is 1. The summed E-state index contributed by atoms with van der Waals surface area (Å²) in [5.41, 5.74) is 2.31. The third-order valence-corrected chi connectivity index (χ3v) is 3.61. The van der Waals surface area contributed by atoms with E-state index in [4.69, 9.17) is 0 Å². The third kappa shape index (κ3) is 2.93. The van der Waals surface area contributed by atoms with Crippen molar-refractivity contribution in [2.45, 2.75) is 12.8 Å². The van der Waals surface area contributed by atoms with E-state index in [2.05, 4.69) is 5.32 Å². The van der Waals surface area contributed by atoms with Gasteiger partial charge in [0.1, 0.15) is 0 Å². The van der Waals surface area contributed by atoms with Crippen LogP contribution in [0.4, 0.5) is 17.1 Å². The van der Waals surface area contributed by atoms with E-state index < -0.39 is 5.97 Å². The van der Waals surface area contributed by atoms with E-state index in [9.17, 15) is 14.7 Å². The Morgan fingerprint density at radius 3 is 2.50 bits per heavy atom. The van der Waals surface area contributed by atoms with Gasteiger partial charge < -0.3 is 15.3 Å². The average molecular weight is 296 g/mol. The molecule has 22 heavy (non-hydrogen) atoms. The number of carbonyl (C=O) groups excluding carboxylic acids is 1. The highest BCUT2D eigenvalue weighted by Crippen LogP contribution is 2.28. The molecule has 2 N–H and O–H groups in total. The molecule has 1 aliphatic rings. The summed E-state index contributed by atoms with van der Waals surface area (Å²) < 4.78 is 0. The summed E-state index contributed by atoms with van der Waals surface area (Å²) in [5, 5.41) is 12.5. The second-order valence-electron chi connectivity index (χ2n) is 5.21. The van der Waals surface area contributed by atoms with Gasteiger partial charge in [-0.05, 0) is 36.8 Å². The molecule has 2 aromatic rings. The summed E-state index contributed by atoms with van der Waals surface area (Å²) >= 11 is 0. The van der Waals surface area contributed by atoms with Gasteiger partial charge in [0.2, 0.25) is 5.91 Å². The van der Waals surface area contributed by atoms with E-state index in [1.165, 1.54) is 0 Å². The molecular formula is C17H16N2O3. The van der Waals surface area contributed by atoms with Crippen LogP contribution in [0, 0.1) is 0 Å². The second kappa shape index (κ2) is 5.89. The summed E-state index contributed by atoms with van der Waals surface area (Å²) in [5.74, 6) is -0.974. The molecule has 0 aromatic heterocycles. The van der Waals surface area contributed by atoms with Gasteiger partial charge in [0.15, 0.2) is 0 Å². The van der Waals surface area contributed by atoms with Gasteiger partial charge in [0.05, 0.1) is 5.56 Å². The minimum atomic E-state index is -1.01. The van der Waals surface area contributed by atoms with Gasteiger partial charge in [-0.1, -0.05) is 18.2 Å². The number of hydrogen-bond donors (Lipinski definition) is 2. The zero-order valence-electron chi connectivity index (χ0n) is 12.0. The molecule has 5 nitrogen and oxygen atoms in total. The van der Waals surface area contributed by atoms with Crippen molar-refractivity contribution in [1.29, 1.82) is 0 Å². The maximum Gasteiger partial charge on any atom is 0.335 e. The van der Waals surface area contributed by atoms with Crippen LogP contribution in [-0.2, 0) is 4.79 Å². The molecule has 5 heteroatoms. The standard InChI is InChI=1S/C17H16N2O3/c20-16-7-4-8-19(16)15-10-12(17(21)22)9-14(11-15)18-13-5-2-1-3-6-13/h1-3,5-6,9-11,18H,4,7-8H2,(H,21,22). The number of para-hydroxylation sites is 1. The van der Waals surface area contributed by atoms with Crippen molar-refractivity contribution in [1.82, 2.24) is 0 Å². The molecule has 0 unspecified atom stereocenters. The van der Waals surface area contributed by atoms with E-state index >= 15 is 0 Å². The number of carboxylic acid groups (broad SMARTS) is 1. The maximum atomic E-state index is 11.9. The summed E-state index contributed by atoms with van der Waals surface area (Å²) in [6.07, 6.45) is 1.32. The Labute approximate surface area is 128 Å². The summed E-state index contributed by atoms with van der Waals surface area (Å²) in [6, 6.07) is 14.4. The predicted molar refractivity (Wildman–Crippen MR) is 84.7 cm³/mol. The van der Waals surface area contributed by atoms with Crippen molar-refractivity contribution < 1.29 is 14.7 Å². The molecule has 1 saturated heterocycles. The minimum Gasteiger partial charge on any atom is -0.478 e. The molecular weight excluding hydrogens is 280 g/mol. The lowest BCUT2D eigenvalue weighted by Crippen LogP contribution is -2.24. The summed E-state index contributed by atoms with van der Waals surface area (Å²) in [6.45, 7) is 0.632. The fourth-order valence-electron chi connectivity index (χ4n) is 2.57. The van der Waals surface area contributed by atoms with Gasteiger partial charge >= 0.3 is 5.97 Å². The van der Waals surface area contributed by atoms with Crippen LogP contribution in [0.2, 0.25) is 0 Å². The smallest absolute Gasteiger partial charge is 0.335 e. The molecule has 3 rings (SSSR count). The minimum absolute atomic E-state index is 0.0354. The number of carbonyl (C=O) groups is 2. The van der Waals surface area contributed by atoms with Crippen LogP contribution in [0.5, 0.6) is 0 Å². The molecule has 0 radical (unpaired) electrons. The monoisotopic (exact) mass is 296 g/mol. The predicted octanol–water partition coefficient (Wildman–Crippen LogP) is 3.26. The first-order valence-corrected chi connectivity index (χ1v) is 7.14. The Morgan fingerprint density at radius 1 is 1.09 bits per heavy atom.